The fourth-order valence-corrected chi connectivity index (χ4v) is 4.46. The highest BCUT2D eigenvalue weighted by Gasteiger charge is 2.47. The third-order valence-corrected chi connectivity index (χ3v) is 5.10. The number of methoxy groups -OCH3 is 1. The molecule has 2 aromatic carbocycles. The van der Waals surface area contributed by atoms with Crippen LogP contribution in [0.5, 0.6) is 17.2 Å². The number of hydrogen-bond acceptors (Lipinski definition) is 4. The van der Waals surface area contributed by atoms with E-state index in [1.807, 2.05) is 29.2 Å². The second-order valence-electron chi connectivity index (χ2n) is 7.50. The van der Waals surface area contributed by atoms with Gasteiger partial charge in [0.2, 0.25) is 0 Å². The van der Waals surface area contributed by atoms with E-state index < -0.39 is 5.54 Å². The summed E-state index contributed by atoms with van der Waals surface area (Å²) in [5, 5.41) is 24.2. The minimum absolute atomic E-state index is 0.0293. The molecule has 0 unspecified atom stereocenters. The first-order chi connectivity index (χ1) is 12.2. The lowest BCUT2D eigenvalue weighted by Gasteiger charge is -2.53. The van der Waals surface area contributed by atoms with Crippen molar-refractivity contribution in [2.45, 2.75) is 38.3 Å². The maximum absolute atomic E-state index is 10.5. The maximum Gasteiger partial charge on any atom is 0.174 e. The van der Waals surface area contributed by atoms with Crippen LogP contribution in [0.15, 0.2) is 42.5 Å². The van der Waals surface area contributed by atoms with Gasteiger partial charge in [0.15, 0.2) is 5.11 Å². The number of nitrogens with one attached hydrogen (secondary N) is 1. The van der Waals surface area contributed by atoms with Crippen molar-refractivity contribution >= 4 is 23.0 Å². The van der Waals surface area contributed by atoms with Crippen LogP contribution in [-0.4, -0.2) is 28.0 Å². The summed E-state index contributed by atoms with van der Waals surface area (Å²) in [4.78, 5) is 2.01. The number of hydrogen-bond donors (Lipinski definition) is 3. The van der Waals surface area contributed by atoms with Crippen molar-refractivity contribution in [2.24, 2.45) is 0 Å². The first-order valence-corrected chi connectivity index (χ1v) is 8.86. The van der Waals surface area contributed by atoms with Crippen LogP contribution in [0.25, 0.3) is 0 Å². The second-order valence-corrected chi connectivity index (χ2v) is 7.89. The Morgan fingerprint density at radius 1 is 1.08 bits per heavy atom. The molecule has 0 amide bonds. The number of phenols is 2. The van der Waals surface area contributed by atoms with E-state index in [0.29, 0.717) is 17.1 Å². The topological polar surface area (TPSA) is 65.0 Å². The van der Waals surface area contributed by atoms with Gasteiger partial charge in [-0.2, -0.15) is 0 Å². The molecule has 5 nitrogen and oxygen atoms in total. The Balaban J connectivity index is 2.16. The van der Waals surface area contributed by atoms with Gasteiger partial charge in [0.1, 0.15) is 17.2 Å². The zero-order valence-electron chi connectivity index (χ0n) is 15.4. The molecule has 1 fully saturated rings. The SMILES string of the molecule is COc1ccc(N2C(=S)NC(C)(C)C[C@]2(C)c2ccc(O)cc2O)cc1. The summed E-state index contributed by atoms with van der Waals surface area (Å²) in [6.45, 7) is 6.22. The largest absolute Gasteiger partial charge is 0.508 e. The zero-order chi connectivity index (χ0) is 19.1. The lowest BCUT2D eigenvalue weighted by Crippen LogP contribution is -2.65. The van der Waals surface area contributed by atoms with Crippen LogP contribution in [0.2, 0.25) is 0 Å². The summed E-state index contributed by atoms with van der Waals surface area (Å²) in [5.41, 5.74) is 0.758. The molecule has 138 valence electrons. The molecule has 0 spiro atoms. The van der Waals surface area contributed by atoms with Crippen molar-refractivity contribution in [1.29, 1.82) is 0 Å². The molecule has 3 N–H and O–H groups in total. The van der Waals surface area contributed by atoms with Crippen molar-refractivity contribution in [1.82, 2.24) is 5.32 Å². The molecule has 1 heterocycles. The molecule has 2 aromatic rings. The Kier molecular flexibility index (Phi) is 4.48. The van der Waals surface area contributed by atoms with Gasteiger partial charge in [-0.1, -0.05) is 0 Å². The predicted molar refractivity (Wildman–Crippen MR) is 107 cm³/mol. The first kappa shape index (κ1) is 18.3. The van der Waals surface area contributed by atoms with Crippen molar-refractivity contribution in [3.8, 4) is 17.2 Å². The summed E-state index contributed by atoms with van der Waals surface area (Å²) in [6.07, 6.45) is 0.699. The highest BCUT2D eigenvalue weighted by Crippen LogP contribution is 2.46. The predicted octanol–water partition coefficient (Wildman–Crippen LogP) is 3.89. The molecule has 1 atom stereocenters. The Labute approximate surface area is 159 Å². The molecule has 0 radical (unpaired) electrons. The molecular weight excluding hydrogens is 348 g/mol. The van der Waals surface area contributed by atoms with Crippen LogP contribution < -0.4 is 15.0 Å². The lowest BCUT2D eigenvalue weighted by atomic mass is 9.76. The van der Waals surface area contributed by atoms with Crippen LogP contribution in [0, 0.1) is 0 Å². The molecule has 0 saturated carbocycles. The number of benzene rings is 2. The number of rotatable bonds is 3. The zero-order valence-corrected chi connectivity index (χ0v) is 16.2. The summed E-state index contributed by atoms with van der Waals surface area (Å²) in [6, 6.07) is 12.4. The third kappa shape index (κ3) is 3.17. The Morgan fingerprint density at radius 2 is 1.73 bits per heavy atom. The molecule has 0 aromatic heterocycles. The van der Waals surface area contributed by atoms with E-state index in [-0.39, 0.29) is 17.0 Å². The Hall–Kier alpha value is -2.47. The van der Waals surface area contributed by atoms with Gasteiger partial charge in [0, 0.05) is 22.9 Å². The number of anilines is 1. The van der Waals surface area contributed by atoms with Gasteiger partial charge in [0.05, 0.1) is 12.6 Å². The minimum Gasteiger partial charge on any atom is -0.508 e. The molecule has 26 heavy (non-hydrogen) atoms. The number of phenolic OH excluding ortho intramolecular Hbond substituents is 2. The number of ether oxygens (including phenoxy) is 1. The number of nitrogens with zero attached hydrogens (tertiary/aromatic N) is 1. The van der Waals surface area contributed by atoms with E-state index in [1.54, 1.807) is 19.2 Å². The van der Waals surface area contributed by atoms with Crippen LogP contribution in [0.1, 0.15) is 32.8 Å². The van der Waals surface area contributed by atoms with Crippen LogP contribution in [0.4, 0.5) is 5.69 Å². The van der Waals surface area contributed by atoms with E-state index in [1.165, 1.54) is 6.07 Å². The van der Waals surface area contributed by atoms with E-state index in [2.05, 4.69) is 26.1 Å². The standard InChI is InChI=1S/C20H24N2O3S/c1-19(2)12-20(3,16-10-7-14(23)11-17(16)24)22(18(26)21-19)13-5-8-15(25-4)9-6-13/h5-11,23-24H,12H2,1-4H3,(H,21,26)/t20-/m1/s1. The highest BCUT2D eigenvalue weighted by molar-refractivity contribution is 7.80. The smallest absolute Gasteiger partial charge is 0.174 e. The fourth-order valence-electron chi connectivity index (χ4n) is 3.88. The molecule has 1 saturated heterocycles. The quantitative estimate of drug-likeness (QED) is 0.711. The van der Waals surface area contributed by atoms with Gasteiger partial charge < -0.3 is 25.2 Å². The van der Waals surface area contributed by atoms with Crippen LogP contribution >= 0.6 is 12.2 Å². The van der Waals surface area contributed by atoms with Gasteiger partial charge in [0.25, 0.3) is 0 Å². The van der Waals surface area contributed by atoms with Gasteiger partial charge in [-0.15, -0.1) is 0 Å². The maximum atomic E-state index is 10.5. The molecular formula is C20H24N2O3S. The average Bonchev–Trinajstić information content (AvgIpc) is 2.53. The molecule has 0 aliphatic carbocycles. The van der Waals surface area contributed by atoms with Crippen molar-refractivity contribution in [2.75, 3.05) is 12.0 Å². The van der Waals surface area contributed by atoms with Gasteiger partial charge in [-0.3, -0.25) is 0 Å². The van der Waals surface area contributed by atoms with E-state index in [9.17, 15) is 10.2 Å². The van der Waals surface area contributed by atoms with Gasteiger partial charge >= 0.3 is 0 Å². The fraction of sp³-hybridized carbons (Fsp3) is 0.350. The van der Waals surface area contributed by atoms with Crippen LogP contribution in [-0.2, 0) is 5.54 Å². The molecule has 6 heteroatoms. The summed E-state index contributed by atoms with van der Waals surface area (Å²) in [5.74, 6) is 0.840. The summed E-state index contributed by atoms with van der Waals surface area (Å²) >= 11 is 5.69. The molecule has 3 rings (SSSR count). The average molecular weight is 372 g/mol. The Bertz CT molecular complexity index is 835. The molecule has 1 aliphatic heterocycles. The van der Waals surface area contributed by atoms with Crippen molar-refractivity contribution in [3.63, 3.8) is 0 Å². The first-order valence-electron chi connectivity index (χ1n) is 8.45. The second kappa shape index (κ2) is 6.36. The number of aromatic hydroxyl groups is 2. The van der Waals surface area contributed by atoms with E-state index >= 15 is 0 Å². The van der Waals surface area contributed by atoms with Gasteiger partial charge in [-0.25, -0.2) is 0 Å². The third-order valence-electron chi connectivity index (χ3n) is 4.82. The lowest BCUT2D eigenvalue weighted by molar-refractivity contribution is 0.275. The van der Waals surface area contributed by atoms with Gasteiger partial charge in [-0.05, 0) is 75.8 Å². The van der Waals surface area contributed by atoms with E-state index in [4.69, 9.17) is 17.0 Å². The normalized spacial score (nSPS) is 22.0. The molecule has 1 aliphatic rings. The molecule has 0 bridgehead atoms. The summed E-state index contributed by atoms with van der Waals surface area (Å²) < 4.78 is 5.25. The summed E-state index contributed by atoms with van der Waals surface area (Å²) in [7, 11) is 1.63. The van der Waals surface area contributed by atoms with Crippen LogP contribution in [0.3, 0.4) is 0 Å². The van der Waals surface area contributed by atoms with E-state index in [0.717, 1.165) is 11.4 Å². The Morgan fingerprint density at radius 3 is 2.31 bits per heavy atom. The highest BCUT2D eigenvalue weighted by atomic mass is 32.1. The van der Waals surface area contributed by atoms with Crippen molar-refractivity contribution < 1.29 is 14.9 Å². The monoisotopic (exact) mass is 372 g/mol. The number of thiocarbonyl (C=S) groups is 1. The van der Waals surface area contributed by atoms with Crippen molar-refractivity contribution in [3.05, 3.63) is 48.0 Å². The minimum atomic E-state index is -0.599.